The zero-order chi connectivity index (χ0) is 25.3. The molecule has 0 bridgehead atoms. The molecule has 9 heteroatoms. The van der Waals surface area contributed by atoms with Crippen molar-refractivity contribution in [3.8, 4) is 0 Å². The molecule has 1 saturated carbocycles. The SMILES string of the molecule is CCOC(=O)COC1C(CCC(OC)C(COC)OC)CCC1CCC(OC)C(COC)OC. The molecule has 0 heterocycles. The van der Waals surface area contributed by atoms with Crippen molar-refractivity contribution in [1.82, 2.24) is 0 Å². The van der Waals surface area contributed by atoms with Crippen LogP contribution in [0.25, 0.3) is 0 Å². The van der Waals surface area contributed by atoms with Crippen LogP contribution in [0.5, 0.6) is 0 Å². The van der Waals surface area contributed by atoms with Gasteiger partial charge in [0.1, 0.15) is 18.8 Å². The Labute approximate surface area is 206 Å². The summed E-state index contributed by atoms with van der Waals surface area (Å²) in [6.07, 6.45) is 5.18. The molecular weight excluding hydrogens is 444 g/mol. The Morgan fingerprint density at radius 2 is 1.18 bits per heavy atom. The average molecular weight is 493 g/mol. The van der Waals surface area contributed by atoms with Crippen molar-refractivity contribution in [2.24, 2.45) is 11.8 Å². The summed E-state index contributed by atoms with van der Waals surface area (Å²) in [4.78, 5) is 12.0. The van der Waals surface area contributed by atoms with Gasteiger partial charge < -0.3 is 37.9 Å². The van der Waals surface area contributed by atoms with Crippen LogP contribution in [0.15, 0.2) is 0 Å². The van der Waals surface area contributed by atoms with E-state index >= 15 is 0 Å². The molecule has 0 amide bonds. The normalized spacial score (nSPS) is 24.0. The first-order valence-electron chi connectivity index (χ1n) is 12.4. The summed E-state index contributed by atoms with van der Waals surface area (Å²) in [6.45, 7) is 3.08. The minimum absolute atomic E-state index is 0.0220. The molecule has 1 rings (SSSR count). The molecule has 0 aromatic heterocycles. The molecule has 0 aromatic carbocycles. The highest BCUT2D eigenvalue weighted by atomic mass is 16.6. The maximum Gasteiger partial charge on any atom is 0.332 e. The van der Waals surface area contributed by atoms with E-state index in [4.69, 9.17) is 37.9 Å². The second-order valence-corrected chi connectivity index (χ2v) is 8.84. The largest absolute Gasteiger partial charge is 0.464 e. The van der Waals surface area contributed by atoms with Crippen LogP contribution in [0.1, 0.15) is 45.4 Å². The number of hydrogen-bond acceptors (Lipinski definition) is 9. The van der Waals surface area contributed by atoms with Crippen molar-refractivity contribution in [3.63, 3.8) is 0 Å². The number of rotatable bonds is 20. The molecular formula is C25H48O9. The highest BCUT2D eigenvalue weighted by molar-refractivity contribution is 5.70. The molecule has 6 atom stereocenters. The molecule has 1 fully saturated rings. The Balaban J connectivity index is 2.81. The van der Waals surface area contributed by atoms with Gasteiger partial charge in [0.2, 0.25) is 0 Å². The van der Waals surface area contributed by atoms with Crippen LogP contribution in [0.2, 0.25) is 0 Å². The molecule has 202 valence electrons. The molecule has 0 aromatic rings. The smallest absolute Gasteiger partial charge is 0.332 e. The number of hydrogen-bond donors (Lipinski definition) is 0. The minimum Gasteiger partial charge on any atom is -0.464 e. The van der Waals surface area contributed by atoms with E-state index in [1.807, 2.05) is 0 Å². The van der Waals surface area contributed by atoms with E-state index in [1.54, 1.807) is 49.6 Å². The predicted octanol–water partition coefficient (Wildman–Crippen LogP) is 2.87. The van der Waals surface area contributed by atoms with Crippen molar-refractivity contribution in [3.05, 3.63) is 0 Å². The first kappa shape index (κ1) is 31.2. The van der Waals surface area contributed by atoms with Gasteiger partial charge in [-0.3, -0.25) is 0 Å². The number of ether oxygens (including phenoxy) is 8. The fraction of sp³-hybridized carbons (Fsp3) is 0.960. The molecule has 1 aliphatic rings. The van der Waals surface area contributed by atoms with Crippen LogP contribution in [-0.2, 0) is 42.7 Å². The lowest BCUT2D eigenvalue weighted by atomic mass is 9.90. The van der Waals surface area contributed by atoms with E-state index in [0.717, 1.165) is 38.5 Å². The first-order chi connectivity index (χ1) is 16.5. The lowest BCUT2D eigenvalue weighted by molar-refractivity contribution is -0.152. The van der Waals surface area contributed by atoms with Crippen molar-refractivity contribution in [1.29, 1.82) is 0 Å². The van der Waals surface area contributed by atoms with Gasteiger partial charge in [0, 0.05) is 42.7 Å². The molecule has 1 aliphatic carbocycles. The third-order valence-electron chi connectivity index (χ3n) is 6.88. The second kappa shape index (κ2) is 18.5. The quantitative estimate of drug-likeness (QED) is 0.238. The van der Waals surface area contributed by atoms with E-state index < -0.39 is 0 Å². The van der Waals surface area contributed by atoms with Crippen LogP contribution < -0.4 is 0 Å². The summed E-state index contributed by atoms with van der Waals surface area (Å²) < 4.78 is 44.3. The van der Waals surface area contributed by atoms with Crippen molar-refractivity contribution >= 4 is 5.97 Å². The Kier molecular flexibility index (Phi) is 16.9. The van der Waals surface area contributed by atoms with E-state index in [-0.39, 0.29) is 43.1 Å². The summed E-state index contributed by atoms with van der Waals surface area (Å²) in [5.41, 5.74) is 0. The Morgan fingerprint density at radius 1 is 0.735 bits per heavy atom. The van der Waals surface area contributed by atoms with Gasteiger partial charge in [-0.15, -0.1) is 0 Å². The Bertz CT molecular complexity index is 485. The predicted molar refractivity (Wildman–Crippen MR) is 128 cm³/mol. The van der Waals surface area contributed by atoms with E-state index in [2.05, 4.69) is 0 Å². The average Bonchev–Trinajstić information content (AvgIpc) is 3.23. The van der Waals surface area contributed by atoms with Gasteiger partial charge in [0.05, 0.1) is 38.1 Å². The third kappa shape index (κ3) is 10.4. The van der Waals surface area contributed by atoms with Crippen LogP contribution in [0, 0.1) is 11.8 Å². The van der Waals surface area contributed by atoms with E-state index in [1.165, 1.54) is 0 Å². The van der Waals surface area contributed by atoms with Crippen molar-refractivity contribution in [2.45, 2.75) is 76.0 Å². The fourth-order valence-electron chi connectivity index (χ4n) is 5.05. The fourth-order valence-corrected chi connectivity index (χ4v) is 5.05. The zero-order valence-corrected chi connectivity index (χ0v) is 22.3. The summed E-state index contributed by atoms with van der Waals surface area (Å²) in [6, 6.07) is 0. The molecule has 34 heavy (non-hydrogen) atoms. The second-order valence-electron chi connectivity index (χ2n) is 8.84. The van der Waals surface area contributed by atoms with E-state index in [0.29, 0.717) is 31.7 Å². The summed E-state index contributed by atoms with van der Waals surface area (Å²) >= 11 is 0. The van der Waals surface area contributed by atoms with Gasteiger partial charge in [-0.25, -0.2) is 4.79 Å². The maximum absolute atomic E-state index is 12.0. The minimum atomic E-state index is -0.324. The molecule has 0 spiro atoms. The van der Waals surface area contributed by atoms with E-state index in [9.17, 15) is 4.79 Å². The number of methoxy groups -OCH3 is 6. The molecule has 0 saturated heterocycles. The molecule has 0 aliphatic heterocycles. The standard InChI is InChI=1S/C25H48O9/c1-8-33-24(26)17-34-25-18(11-13-20(29-4)22(31-6)15-27-2)9-10-19(25)12-14-21(30-5)23(32-7)16-28-3/h18-23,25H,8-17H2,1-7H3. The van der Waals surface area contributed by atoms with Crippen molar-refractivity contribution in [2.75, 3.05) is 69.1 Å². The summed E-state index contributed by atoms with van der Waals surface area (Å²) in [5.74, 6) is 0.334. The van der Waals surface area contributed by atoms with Gasteiger partial charge in [-0.1, -0.05) is 0 Å². The highest BCUT2D eigenvalue weighted by Gasteiger charge is 2.38. The summed E-state index contributed by atoms with van der Waals surface area (Å²) in [7, 11) is 10.1. The first-order valence-corrected chi connectivity index (χ1v) is 12.4. The molecule has 9 nitrogen and oxygen atoms in total. The van der Waals surface area contributed by atoms with Crippen LogP contribution in [-0.4, -0.2) is 106 Å². The van der Waals surface area contributed by atoms with Crippen LogP contribution in [0.3, 0.4) is 0 Å². The highest BCUT2D eigenvalue weighted by Crippen LogP contribution is 2.40. The molecule has 0 radical (unpaired) electrons. The number of carbonyl (C=O) groups excluding carboxylic acids is 1. The van der Waals surface area contributed by atoms with Gasteiger partial charge in [-0.2, -0.15) is 0 Å². The molecule has 6 unspecified atom stereocenters. The Morgan fingerprint density at radius 3 is 1.53 bits per heavy atom. The topological polar surface area (TPSA) is 90.9 Å². The lowest BCUT2D eigenvalue weighted by Crippen LogP contribution is -2.36. The monoisotopic (exact) mass is 492 g/mol. The maximum atomic E-state index is 12.0. The van der Waals surface area contributed by atoms with Gasteiger partial charge in [0.25, 0.3) is 0 Å². The molecule has 0 N–H and O–H groups in total. The van der Waals surface area contributed by atoms with Crippen molar-refractivity contribution < 1.29 is 42.7 Å². The van der Waals surface area contributed by atoms with Crippen LogP contribution >= 0.6 is 0 Å². The number of esters is 1. The number of carbonyl (C=O) groups is 1. The van der Waals surface area contributed by atoms with Gasteiger partial charge >= 0.3 is 5.97 Å². The Hall–Kier alpha value is -0.810. The van der Waals surface area contributed by atoms with Gasteiger partial charge in [-0.05, 0) is 57.3 Å². The summed E-state index contributed by atoms with van der Waals surface area (Å²) in [5, 5.41) is 0. The third-order valence-corrected chi connectivity index (χ3v) is 6.88. The lowest BCUT2D eigenvalue weighted by Gasteiger charge is -2.30. The van der Waals surface area contributed by atoms with Crippen LogP contribution in [0.4, 0.5) is 0 Å². The van der Waals surface area contributed by atoms with Gasteiger partial charge in [0.15, 0.2) is 0 Å². The zero-order valence-electron chi connectivity index (χ0n) is 22.3.